The summed E-state index contributed by atoms with van der Waals surface area (Å²) in [6.07, 6.45) is 1.45. The van der Waals surface area contributed by atoms with E-state index in [1.807, 2.05) is 29.3 Å². The summed E-state index contributed by atoms with van der Waals surface area (Å²) in [5, 5.41) is 5.03. The van der Waals surface area contributed by atoms with Gasteiger partial charge in [0.2, 0.25) is 5.91 Å². The van der Waals surface area contributed by atoms with Gasteiger partial charge >= 0.3 is 0 Å². The zero-order chi connectivity index (χ0) is 17.8. The largest absolute Gasteiger partial charge is 0.349 e. The van der Waals surface area contributed by atoms with Gasteiger partial charge in [0.25, 0.3) is 5.91 Å². The van der Waals surface area contributed by atoms with Crippen LogP contribution in [-0.2, 0) is 4.79 Å². The van der Waals surface area contributed by atoms with Crippen molar-refractivity contribution in [1.82, 2.24) is 10.2 Å². The second-order valence-corrected chi connectivity index (χ2v) is 7.63. The molecule has 132 valence electrons. The van der Waals surface area contributed by atoms with Crippen molar-refractivity contribution < 1.29 is 9.59 Å². The minimum Gasteiger partial charge on any atom is -0.349 e. The first-order valence-corrected chi connectivity index (χ1v) is 9.62. The van der Waals surface area contributed by atoms with Crippen molar-refractivity contribution in [3.63, 3.8) is 0 Å². The molecule has 25 heavy (non-hydrogen) atoms. The monoisotopic (exact) mass is 356 g/mol. The number of benzene rings is 1. The van der Waals surface area contributed by atoms with Crippen molar-refractivity contribution >= 4 is 23.2 Å². The van der Waals surface area contributed by atoms with Crippen LogP contribution in [0.2, 0.25) is 0 Å². The van der Waals surface area contributed by atoms with Crippen LogP contribution in [0.5, 0.6) is 0 Å². The van der Waals surface area contributed by atoms with Crippen molar-refractivity contribution in [1.29, 1.82) is 0 Å². The molecule has 4 nitrogen and oxygen atoms in total. The van der Waals surface area contributed by atoms with Gasteiger partial charge in [-0.15, -0.1) is 11.3 Å². The molecule has 3 rings (SSSR count). The van der Waals surface area contributed by atoms with E-state index in [-0.39, 0.29) is 23.8 Å². The average molecular weight is 356 g/mol. The number of likely N-dealkylation sites (tertiary alicyclic amines) is 1. The molecule has 1 N–H and O–H groups in total. The number of rotatable bonds is 4. The van der Waals surface area contributed by atoms with Gasteiger partial charge in [-0.25, -0.2) is 0 Å². The third-order valence-corrected chi connectivity index (χ3v) is 5.68. The van der Waals surface area contributed by atoms with Crippen LogP contribution < -0.4 is 5.32 Å². The first-order chi connectivity index (χ1) is 12.0. The van der Waals surface area contributed by atoms with Crippen molar-refractivity contribution in [2.45, 2.75) is 32.7 Å². The molecule has 1 atom stereocenters. The van der Waals surface area contributed by atoms with E-state index >= 15 is 0 Å². The lowest BCUT2D eigenvalue weighted by Gasteiger charge is -2.31. The van der Waals surface area contributed by atoms with Gasteiger partial charge in [-0.05, 0) is 43.7 Å². The average Bonchev–Trinajstić information content (AvgIpc) is 3.16. The number of carbonyl (C=O) groups is 2. The van der Waals surface area contributed by atoms with Crippen molar-refractivity contribution in [3.8, 4) is 0 Å². The first kappa shape index (κ1) is 17.7. The minimum atomic E-state index is -0.0136. The molecule has 2 aromatic rings. The van der Waals surface area contributed by atoms with Crippen LogP contribution >= 0.6 is 11.3 Å². The summed E-state index contributed by atoms with van der Waals surface area (Å²) in [6.45, 7) is 5.36. The standard InChI is InChI=1S/C20H24N2O2S/c1-14-5-7-16(8-6-14)15(2)21-19(23)17-9-11-22(12-10-17)20(24)18-4-3-13-25-18/h3-8,13,15,17H,9-12H2,1-2H3,(H,21,23). The molecule has 1 aliphatic rings. The van der Waals surface area contributed by atoms with E-state index in [0.717, 1.165) is 23.3 Å². The lowest BCUT2D eigenvalue weighted by atomic mass is 9.95. The lowest BCUT2D eigenvalue weighted by Crippen LogP contribution is -2.43. The molecule has 1 aromatic carbocycles. The normalized spacial score (nSPS) is 16.5. The second kappa shape index (κ2) is 7.83. The Hall–Kier alpha value is -2.14. The van der Waals surface area contributed by atoms with E-state index in [0.29, 0.717) is 13.1 Å². The van der Waals surface area contributed by atoms with Gasteiger partial charge in [0.05, 0.1) is 10.9 Å². The smallest absolute Gasteiger partial charge is 0.263 e. The predicted molar refractivity (Wildman–Crippen MR) is 101 cm³/mol. The molecule has 1 saturated heterocycles. The quantitative estimate of drug-likeness (QED) is 0.906. The van der Waals surface area contributed by atoms with E-state index in [9.17, 15) is 9.59 Å². The van der Waals surface area contributed by atoms with E-state index < -0.39 is 0 Å². The first-order valence-electron chi connectivity index (χ1n) is 8.74. The molecule has 2 amide bonds. The maximum atomic E-state index is 12.5. The summed E-state index contributed by atoms with van der Waals surface area (Å²) in [5.41, 5.74) is 2.33. The Morgan fingerprint density at radius 1 is 1.16 bits per heavy atom. The van der Waals surface area contributed by atoms with E-state index in [2.05, 4.69) is 36.5 Å². The summed E-state index contributed by atoms with van der Waals surface area (Å²) in [5.74, 6) is 0.165. The molecular formula is C20H24N2O2S. The topological polar surface area (TPSA) is 49.4 Å². The highest BCUT2D eigenvalue weighted by Crippen LogP contribution is 2.22. The maximum absolute atomic E-state index is 12.5. The Morgan fingerprint density at radius 3 is 2.44 bits per heavy atom. The maximum Gasteiger partial charge on any atom is 0.263 e. The Labute approximate surface area is 152 Å². The van der Waals surface area contributed by atoms with Crippen molar-refractivity contribution in [3.05, 3.63) is 57.8 Å². The molecule has 1 unspecified atom stereocenters. The summed E-state index contributed by atoms with van der Waals surface area (Å²) >= 11 is 1.47. The van der Waals surface area contributed by atoms with Gasteiger partial charge in [0, 0.05) is 19.0 Å². The van der Waals surface area contributed by atoms with Crippen LogP contribution in [0.15, 0.2) is 41.8 Å². The Kier molecular flexibility index (Phi) is 5.53. The van der Waals surface area contributed by atoms with Crippen molar-refractivity contribution in [2.24, 2.45) is 5.92 Å². The fraction of sp³-hybridized carbons (Fsp3) is 0.400. The Bertz CT molecular complexity index is 717. The van der Waals surface area contributed by atoms with Gasteiger partial charge in [-0.1, -0.05) is 35.9 Å². The molecule has 1 fully saturated rings. The number of piperidine rings is 1. The highest BCUT2D eigenvalue weighted by Gasteiger charge is 2.28. The molecule has 0 bridgehead atoms. The van der Waals surface area contributed by atoms with Crippen LogP contribution in [-0.4, -0.2) is 29.8 Å². The zero-order valence-corrected chi connectivity index (χ0v) is 15.5. The van der Waals surface area contributed by atoms with Crippen LogP contribution in [0.1, 0.15) is 46.6 Å². The minimum absolute atomic E-state index is 0.00104. The Morgan fingerprint density at radius 2 is 1.84 bits per heavy atom. The van der Waals surface area contributed by atoms with Gasteiger partial charge in [-0.3, -0.25) is 9.59 Å². The highest BCUT2D eigenvalue weighted by molar-refractivity contribution is 7.12. The number of hydrogen-bond donors (Lipinski definition) is 1. The number of thiophene rings is 1. The molecule has 0 saturated carbocycles. The summed E-state index contributed by atoms with van der Waals surface area (Å²) in [6, 6.07) is 12.0. The van der Waals surface area contributed by atoms with Crippen LogP contribution in [0.4, 0.5) is 0 Å². The second-order valence-electron chi connectivity index (χ2n) is 6.68. The van der Waals surface area contributed by atoms with Crippen molar-refractivity contribution in [2.75, 3.05) is 13.1 Å². The third-order valence-electron chi connectivity index (χ3n) is 4.82. The van der Waals surface area contributed by atoms with E-state index in [1.54, 1.807) is 0 Å². The summed E-state index contributed by atoms with van der Waals surface area (Å²) in [4.78, 5) is 27.5. The molecule has 0 spiro atoms. The predicted octanol–water partition coefficient (Wildman–Crippen LogP) is 3.79. The molecule has 0 radical (unpaired) electrons. The van der Waals surface area contributed by atoms with Crippen LogP contribution in [0.3, 0.4) is 0 Å². The molecule has 1 aromatic heterocycles. The number of hydrogen-bond acceptors (Lipinski definition) is 3. The van der Waals surface area contributed by atoms with Crippen LogP contribution in [0.25, 0.3) is 0 Å². The van der Waals surface area contributed by atoms with E-state index in [1.165, 1.54) is 16.9 Å². The number of nitrogens with one attached hydrogen (secondary N) is 1. The van der Waals surface area contributed by atoms with Gasteiger partial charge < -0.3 is 10.2 Å². The van der Waals surface area contributed by atoms with E-state index in [4.69, 9.17) is 0 Å². The number of aryl methyl sites for hydroxylation is 1. The Balaban J connectivity index is 1.51. The SMILES string of the molecule is Cc1ccc(C(C)NC(=O)C2CCN(C(=O)c3cccs3)CC2)cc1. The molecule has 2 heterocycles. The molecule has 0 aliphatic carbocycles. The summed E-state index contributed by atoms with van der Waals surface area (Å²) in [7, 11) is 0. The number of carbonyl (C=O) groups excluding carboxylic acids is 2. The lowest BCUT2D eigenvalue weighted by molar-refractivity contribution is -0.126. The molecule has 5 heteroatoms. The fourth-order valence-corrected chi connectivity index (χ4v) is 3.86. The summed E-state index contributed by atoms with van der Waals surface area (Å²) < 4.78 is 0. The number of nitrogens with zero attached hydrogens (tertiary/aromatic N) is 1. The van der Waals surface area contributed by atoms with Gasteiger partial charge in [-0.2, -0.15) is 0 Å². The molecular weight excluding hydrogens is 332 g/mol. The molecule has 1 aliphatic heterocycles. The fourth-order valence-electron chi connectivity index (χ4n) is 3.17. The van der Waals surface area contributed by atoms with Gasteiger partial charge in [0.1, 0.15) is 0 Å². The highest BCUT2D eigenvalue weighted by atomic mass is 32.1. The van der Waals surface area contributed by atoms with Gasteiger partial charge in [0.15, 0.2) is 0 Å². The van der Waals surface area contributed by atoms with Crippen LogP contribution in [0, 0.1) is 12.8 Å². The number of amides is 2. The zero-order valence-electron chi connectivity index (χ0n) is 14.7. The third kappa shape index (κ3) is 4.28.